The summed E-state index contributed by atoms with van der Waals surface area (Å²) in [6.45, 7) is 4.15. The molecule has 0 bridgehead atoms. The van der Waals surface area contributed by atoms with Crippen LogP contribution in [0.15, 0.2) is 30.3 Å². The number of aliphatic hydroxyl groups is 1. The van der Waals surface area contributed by atoms with Gasteiger partial charge in [0.2, 0.25) is 0 Å². The highest BCUT2D eigenvalue weighted by atomic mass is 35.5. The maximum atomic E-state index is 11.3. The molecule has 1 saturated heterocycles. The number of carbonyl (C=O) groups excluding carboxylic acids is 1. The van der Waals surface area contributed by atoms with Crippen molar-refractivity contribution in [2.75, 3.05) is 26.2 Å². The van der Waals surface area contributed by atoms with Gasteiger partial charge in [-0.05, 0) is 48.4 Å². The number of nitrogens with zero attached hydrogens (tertiary/aromatic N) is 1. The van der Waals surface area contributed by atoms with Gasteiger partial charge in [0.05, 0.1) is 5.56 Å². The fourth-order valence-corrected chi connectivity index (χ4v) is 4.87. The number of aryl methyl sites for hydroxylation is 1. The van der Waals surface area contributed by atoms with Gasteiger partial charge in [-0.3, -0.25) is 4.79 Å². The van der Waals surface area contributed by atoms with Crippen molar-refractivity contribution in [3.63, 3.8) is 0 Å². The first kappa shape index (κ1) is 21.4. The summed E-state index contributed by atoms with van der Waals surface area (Å²) in [7, 11) is 0. The van der Waals surface area contributed by atoms with Gasteiger partial charge in [0.15, 0.2) is 6.29 Å². The Morgan fingerprint density at radius 3 is 2.73 bits per heavy atom. The van der Waals surface area contributed by atoms with Gasteiger partial charge in [0, 0.05) is 48.9 Å². The third kappa shape index (κ3) is 4.59. The second-order valence-corrected chi connectivity index (χ2v) is 9.11. The van der Waals surface area contributed by atoms with E-state index in [2.05, 4.69) is 4.90 Å². The van der Waals surface area contributed by atoms with E-state index in [4.69, 9.17) is 32.7 Å². The highest BCUT2D eigenvalue weighted by molar-refractivity contribution is 6.31. The van der Waals surface area contributed by atoms with Crippen molar-refractivity contribution in [1.29, 1.82) is 0 Å². The lowest BCUT2D eigenvalue weighted by Crippen LogP contribution is -2.49. The quantitative estimate of drug-likeness (QED) is 0.665. The Morgan fingerprint density at radius 1 is 1.23 bits per heavy atom. The molecule has 0 radical (unpaired) electrons. The molecule has 1 fully saturated rings. The van der Waals surface area contributed by atoms with Crippen LogP contribution in [0.3, 0.4) is 0 Å². The summed E-state index contributed by atoms with van der Waals surface area (Å²) in [4.78, 5) is 13.5. The Hall–Kier alpha value is -1.79. The van der Waals surface area contributed by atoms with Gasteiger partial charge in [-0.25, -0.2) is 0 Å². The molecule has 1 atom stereocenters. The molecule has 2 aliphatic rings. The van der Waals surface area contributed by atoms with Crippen LogP contribution in [-0.2, 0) is 6.42 Å². The Kier molecular flexibility index (Phi) is 6.26. The molecule has 0 saturated carbocycles. The predicted octanol–water partition coefficient (Wildman–Crippen LogP) is 4.32. The number of β-amino-alcohol motifs (C(OH)–C–C–N with tert-alkyl or cyclic N) is 1. The third-order valence-electron chi connectivity index (χ3n) is 5.91. The van der Waals surface area contributed by atoms with Crippen molar-refractivity contribution in [1.82, 2.24) is 4.90 Å². The normalized spacial score (nSPS) is 18.7. The summed E-state index contributed by atoms with van der Waals surface area (Å²) in [5.41, 5.74) is 2.18. The molecule has 30 heavy (non-hydrogen) atoms. The molecular formula is C23H25Cl2NO4. The number of piperidine rings is 1. The highest BCUT2D eigenvalue weighted by Crippen LogP contribution is 2.42. The second-order valence-electron chi connectivity index (χ2n) is 8.24. The minimum atomic E-state index is -0.658. The Bertz CT molecular complexity index is 941. The fraction of sp³-hybridized carbons (Fsp3) is 0.435. The summed E-state index contributed by atoms with van der Waals surface area (Å²) in [5, 5.41) is 11.7. The molecule has 0 aliphatic carbocycles. The number of halogens is 2. The van der Waals surface area contributed by atoms with Crippen LogP contribution in [0, 0.1) is 6.92 Å². The van der Waals surface area contributed by atoms with Crippen LogP contribution in [-0.4, -0.2) is 54.2 Å². The minimum absolute atomic E-state index is 0.116. The first-order valence-corrected chi connectivity index (χ1v) is 10.9. The number of ether oxygens (including phenoxy) is 2. The summed E-state index contributed by atoms with van der Waals surface area (Å²) >= 11 is 12.1. The number of likely N-dealkylation sites (tertiary alicyclic amines) is 1. The van der Waals surface area contributed by atoms with Crippen LogP contribution in [0.1, 0.15) is 34.3 Å². The number of aldehydes is 1. The zero-order chi connectivity index (χ0) is 21.3. The van der Waals surface area contributed by atoms with Crippen molar-refractivity contribution < 1.29 is 19.4 Å². The Morgan fingerprint density at radius 2 is 2.00 bits per heavy atom. The summed E-state index contributed by atoms with van der Waals surface area (Å²) in [6, 6.07) is 9.12. The average Bonchev–Trinajstić information content (AvgIpc) is 3.05. The number of hydrogen-bond donors (Lipinski definition) is 1. The van der Waals surface area contributed by atoms with Crippen LogP contribution >= 0.6 is 23.2 Å². The molecule has 1 N–H and O–H groups in total. The molecule has 5 nitrogen and oxygen atoms in total. The van der Waals surface area contributed by atoms with Gasteiger partial charge in [-0.1, -0.05) is 23.2 Å². The topological polar surface area (TPSA) is 59.0 Å². The third-order valence-corrected chi connectivity index (χ3v) is 6.37. The van der Waals surface area contributed by atoms with Crippen molar-refractivity contribution in [3.8, 4) is 11.5 Å². The maximum Gasteiger partial charge on any atom is 0.153 e. The average molecular weight is 450 g/mol. The van der Waals surface area contributed by atoms with Gasteiger partial charge in [-0.2, -0.15) is 0 Å². The van der Waals surface area contributed by atoms with E-state index < -0.39 is 6.10 Å². The van der Waals surface area contributed by atoms with Crippen molar-refractivity contribution in [2.45, 2.75) is 37.9 Å². The van der Waals surface area contributed by atoms with Crippen LogP contribution in [0.2, 0.25) is 10.0 Å². The smallest absolute Gasteiger partial charge is 0.153 e. The van der Waals surface area contributed by atoms with E-state index in [0.717, 1.165) is 55.0 Å². The number of rotatable bonds is 6. The summed E-state index contributed by atoms with van der Waals surface area (Å²) in [5.74, 6) is 1.41. The second kappa shape index (κ2) is 8.75. The number of benzene rings is 2. The lowest BCUT2D eigenvalue weighted by atomic mass is 9.87. The van der Waals surface area contributed by atoms with Crippen molar-refractivity contribution in [3.05, 3.63) is 57.1 Å². The standard InChI is InChI=1S/C23H25Cl2NO4/c1-15-8-19(25)10-17(13-27)22(15)29-14-20(28)12-26-6-4-23(5-7-26)11-16-9-18(24)2-3-21(16)30-23/h2-3,8-10,13,20,28H,4-7,11-12,14H2,1H3/t20-/m1/s1. The van der Waals surface area contributed by atoms with Crippen molar-refractivity contribution >= 4 is 29.5 Å². The maximum absolute atomic E-state index is 11.3. The number of hydrogen-bond acceptors (Lipinski definition) is 5. The van der Waals surface area contributed by atoms with Gasteiger partial charge >= 0.3 is 0 Å². The Balaban J connectivity index is 1.28. The van der Waals surface area contributed by atoms with Crippen LogP contribution in [0.5, 0.6) is 11.5 Å². The summed E-state index contributed by atoms with van der Waals surface area (Å²) in [6.07, 6.45) is 2.75. The monoisotopic (exact) mass is 449 g/mol. The van der Waals surface area contributed by atoms with E-state index in [9.17, 15) is 9.90 Å². The van der Waals surface area contributed by atoms with E-state index in [-0.39, 0.29) is 12.2 Å². The number of fused-ring (bicyclic) bond motifs is 1. The molecule has 160 valence electrons. The Labute approximate surface area is 186 Å². The number of aliphatic hydroxyl groups excluding tert-OH is 1. The molecular weight excluding hydrogens is 425 g/mol. The number of carbonyl (C=O) groups is 1. The van der Waals surface area contributed by atoms with Gasteiger partial charge in [0.25, 0.3) is 0 Å². The molecule has 0 unspecified atom stereocenters. The molecule has 1 spiro atoms. The zero-order valence-electron chi connectivity index (χ0n) is 16.9. The van der Waals surface area contributed by atoms with Crippen molar-refractivity contribution in [2.24, 2.45) is 0 Å². The molecule has 2 aromatic carbocycles. The van der Waals surface area contributed by atoms with Crippen LogP contribution in [0.25, 0.3) is 0 Å². The van der Waals surface area contributed by atoms with Gasteiger partial charge in [0.1, 0.15) is 29.8 Å². The lowest BCUT2D eigenvalue weighted by Gasteiger charge is -2.39. The first-order valence-electron chi connectivity index (χ1n) is 10.1. The zero-order valence-corrected chi connectivity index (χ0v) is 18.4. The molecule has 2 aliphatic heterocycles. The molecule has 7 heteroatoms. The molecule has 4 rings (SSSR count). The van der Waals surface area contributed by atoms with E-state index in [1.54, 1.807) is 12.1 Å². The highest BCUT2D eigenvalue weighted by Gasteiger charge is 2.42. The fourth-order valence-electron chi connectivity index (χ4n) is 4.39. The minimum Gasteiger partial charge on any atom is -0.490 e. The van der Waals surface area contributed by atoms with Crippen LogP contribution in [0.4, 0.5) is 0 Å². The van der Waals surface area contributed by atoms with Gasteiger partial charge < -0.3 is 19.5 Å². The molecule has 2 aromatic rings. The largest absolute Gasteiger partial charge is 0.490 e. The molecule has 0 amide bonds. The van der Waals surface area contributed by atoms with Gasteiger partial charge in [-0.15, -0.1) is 0 Å². The molecule has 2 heterocycles. The van der Waals surface area contributed by atoms with E-state index >= 15 is 0 Å². The SMILES string of the molecule is Cc1cc(Cl)cc(C=O)c1OC[C@H](O)CN1CCC2(CC1)Cc1cc(Cl)ccc1O2. The summed E-state index contributed by atoms with van der Waals surface area (Å²) < 4.78 is 12.0. The van der Waals surface area contributed by atoms with E-state index in [0.29, 0.717) is 22.9 Å². The molecule has 0 aromatic heterocycles. The lowest BCUT2D eigenvalue weighted by molar-refractivity contribution is -0.00202. The van der Waals surface area contributed by atoms with Crippen LogP contribution < -0.4 is 9.47 Å². The van der Waals surface area contributed by atoms with E-state index in [1.165, 1.54) is 5.56 Å². The first-order chi connectivity index (χ1) is 14.4. The van der Waals surface area contributed by atoms with E-state index in [1.807, 2.05) is 25.1 Å². The predicted molar refractivity (Wildman–Crippen MR) is 117 cm³/mol.